The first kappa shape index (κ1) is 17.9. The number of amides is 2. The highest BCUT2D eigenvalue weighted by Crippen LogP contribution is 2.29. The van der Waals surface area contributed by atoms with Gasteiger partial charge in [-0.05, 0) is 51.8 Å². The summed E-state index contributed by atoms with van der Waals surface area (Å²) in [6, 6.07) is 7.65. The van der Waals surface area contributed by atoms with Crippen molar-refractivity contribution in [1.29, 1.82) is 0 Å². The first-order valence-corrected chi connectivity index (χ1v) is 9.01. The molecule has 136 valence electrons. The summed E-state index contributed by atoms with van der Waals surface area (Å²) in [5.74, 6) is 0.256. The molecule has 0 aliphatic carbocycles. The van der Waals surface area contributed by atoms with E-state index in [-0.39, 0.29) is 23.0 Å². The maximum Gasteiger partial charge on any atom is 0.254 e. The first-order valence-electron chi connectivity index (χ1n) is 9.01. The molecule has 2 saturated heterocycles. The molecule has 3 rings (SSSR count). The summed E-state index contributed by atoms with van der Waals surface area (Å²) in [6.07, 6.45) is 1.59. The summed E-state index contributed by atoms with van der Waals surface area (Å²) < 4.78 is 6.05. The summed E-state index contributed by atoms with van der Waals surface area (Å²) in [4.78, 5) is 28.4. The molecule has 1 aromatic carbocycles. The van der Waals surface area contributed by atoms with Crippen molar-refractivity contribution in [2.75, 3.05) is 19.6 Å². The Kier molecular flexibility index (Phi) is 4.62. The van der Waals surface area contributed by atoms with Gasteiger partial charge in [0.2, 0.25) is 5.91 Å². The number of nitrogens with zero attached hydrogens (tertiary/aromatic N) is 2. The number of morpholine rings is 1. The van der Waals surface area contributed by atoms with Gasteiger partial charge in [0.05, 0.1) is 11.2 Å². The molecule has 0 radical (unpaired) electrons. The van der Waals surface area contributed by atoms with E-state index in [0.717, 1.165) is 18.5 Å². The molecular formula is C20H28N2O3. The summed E-state index contributed by atoms with van der Waals surface area (Å²) in [5.41, 5.74) is 1.04. The van der Waals surface area contributed by atoms with E-state index in [9.17, 15) is 9.59 Å². The number of carbonyl (C=O) groups is 2. The zero-order valence-corrected chi connectivity index (χ0v) is 15.7. The Balaban J connectivity index is 1.69. The Hall–Kier alpha value is -1.88. The van der Waals surface area contributed by atoms with Crippen LogP contribution in [-0.2, 0) is 16.1 Å². The molecule has 2 aliphatic rings. The third-order valence-electron chi connectivity index (χ3n) is 4.73. The number of carbonyl (C=O) groups excluding carboxylic acids is 2. The van der Waals surface area contributed by atoms with Gasteiger partial charge in [0.15, 0.2) is 0 Å². The van der Waals surface area contributed by atoms with Crippen LogP contribution in [0, 0.1) is 0 Å². The number of rotatable bonds is 3. The standard InChI is InChI=1S/C20H28N2O3/c1-19(2)13-22(14-20(3,4)25-19)18(24)16-9-7-15(8-10-16)12-21-11-5-6-17(21)23/h7-10H,5-6,11-14H2,1-4H3. The smallest absolute Gasteiger partial charge is 0.254 e. The van der Waals surface area contributed by atoms with E-state index in [2.05, 4.69) is 0 Å². The van der Waals surface area contributed by atoms with Gasteiger partial charge < -0.3 is 14.5 Å². The number of benzene rings is 1. The molecule has 0 saturated carbocycles. The third kappa shape index (κ3) is 4.21. The topological polar surface area (TPSA) is 49.9 Å². The summed E-state index contributed by atoms with van der Waals surface area (Å²) in [6.45, 7) is 10.7. The van der Waals surface area contributed by atoms with Gasteiger partial charge in [0.25, 0.3) is 5.91 Å². The van der Waals surface area contributed by atoms with Gasteiger partial charge in [-0.2, -0.15) is 0 Å². The van der Waals surface area contributed by atoms with Crippen molar-refractivity contribution in [1.82, 2.24) is 9.80 Å². The molecule has 2 heterocycles. The normalized spacial score (nSPS) is 22.3. The molecule has 1 aromatic rings. The fraction of sp³-hybridized carbons (Fsp3) is 0.600. The Labute approximate surface area is 149 Å². The van der Waals surface area contributed by atoms with E-state index in [0.29, 0.717) is 31.6 Å². The first-order chi connectivity index (χ1) is 11.7. The van der Waals surface area contributed by atoms with E-state index in [1.165, 1.54) is 0 Å². The lowest BCUT2D eigenvalue weighted by Gasteiger charge is -2.47. The van der Waals surface area contributed by atoms with Crippen LogP contribution in [0.1, 0.15) is 56.5 Å². The molecule has 5 nitrogen and oxygen atoms in total. The average Bonchev–Trinajstić information content (AvgIpc) is 2.89. The van der Waals surface area contributed by atoms with Crippen molar-refractivity contribution in [2.24, 2.45) is 0 Å². The van der Waals surface area contributed by atoms with Crippen molar-refractivity contribution in [3.05, 3.63) is 35.4 Å². The molecule has 5 heteroatoms. The van der Waals surface area contributed by atoms with Gasteiger partial charge in [-0.15, -0.1) is 0 Å². The van der Waals surface area contributed by atoms with Crippen molar-refractivity contribution in [2.45, 2.75) is 58.3 Å². The van der Waals surface area contributed by atoms with E-state index < -0.39 is 0 Å². The number of hydrogen-bond acceptors (Lipinski definition) is 3. The SMILES string of the molecule is CC1(C)CN(C(=O)c2ccc(CN3CCCC3=O)cc2)CC(C)(C)O1. The molecule has 0 N–H and O–H groups in total. The fourth-order valence-electron chi connectivity index (χ4n) is 3.96. The highest BCUT2D eigenvalue weighted by Gasteiger charge is 2.40. The zero-order valence-electron chi connectivity index (χ0n) is 15.7. The molecular weight excluding hydrogens is 316 g/mol. The maximum atomic E-state index is 12.9. The summed E-state index contributed by atoms with van der Waals surface area (Å²) in [7, 11) is 0. The van der Waals surface area contributed by atoms with E-state index in [1.54, 1.807) is 0 Å². The predicted octanol–water partition coefficient (Wildman–Crippen LogP) is 2.84. The average molecular weight is 344 g/mol. The van der Waals surface area contributed by atoms with Gasteiger partial charge in [-0.1, -0.05) is 12.1 Å². The molecule has 0 aromatic heterocycles. The van der Waals surface area contributed by atoms with Crippen LogP contribution in [0.3, 0.4) is 0 Å². The third-order valence-corrected chi connectivity index (χ3v) is 4.73. The molecule has 2 amide bonds. The lowest BCUT2D eigenvalue weighted by atomic mass is 9.98. The zero-order chi connectivity index (χ0) is 18.2. The van der Waals surface area contributed by atoms with Gasteiger partial charge >= 0.3 is 0 Å². The Morgan fingerprint density at radius 1 is 1.08 bits per heavy atom. The number of likely N-dealkylation sites (tertiary alicyclic amines) is 1. The minimum atomic E-state index is -0.354. The fourth-order valence-corrected chi connectivity index (χ4v) is 3.96. The van der Waals surface area contributed by atoms with Crippen LogP contribution in [-0.4, -0.2) is 52.5 Å². The van der Waals surface area contributed by atoms with Crippen molar-refractivity contribution in [3.8, 4) is 0 Å². The molecule has 2 fully saturated rings. The number of ether oxygens (including phenoxy) is 1. The molecule has 0 bridgehead atoms. The Bertz CT molecular complexity index is 648. The van der Waals surface area contributed by atoms with Crippen LogP contribution < -0.4 is 0 Å². The van der Waals surface area contributed by atoms with Crippen LogP contribution in [0.2, 0.25) is 0 Å². The minimum absolute atomic E-state index is 0.0354. The van der Waals surface area contributed by atoms with Crippen LogP contribution in [0.4, 0.5) is 0 Å². The second kappa shape index (κ2) is 6.45. The maximum absolute atomic E-state index is 12.9. The van der Waals surface area contributed by atoms with Gasteiger partial charge in [-0.3, -0.25) is 9.59 Å². The van der Waals surface area contributed by atoms with Crippen LogP contribution >= 0.6 is 0 Å². The Morgan fingerprint density at radius 2 is 1.68 bits per heavy atom. The molecule has 0 spiro atoms. The van der Waals surface area contributed by atoms with Crippen LogP contribution in [0.5, 0.6) is 0 Å². The highest BCUT2D eigenvalue weighted by molar-refractivity contribution is 5.94. The van der Waals surface area contributed by atoms with Crippen molar-refractivity contribution < 1.29 is 14.3 Å². The monoisotopic (exact) mass is 344 g/mol. The van der Waals surface area contributed by atoms with Crippen molar-refractivity contribution in [3.63, 3.8) is 0 Å². The number of hydrogen-bond donors (Lipinski definition) is 0. The quantitative estimate of drug-likeness (QED) is 0.847. The van der Waals surface area contributed by atoms with E-state index >= 15 is 0 Å². The van der Waals surface area contributed by atoms with Crippen molar-refractivity contribution >= 4 is 11.8 Å². The summed E-state index contributed by atoms with van der Waals surface area (Å²) in [5, 5.41) is 0. The predicted molar refractivity (Wildman–Crippen MR) is 96.2 cm³/mol. The van der Waals surface area contributed by atoms with Gasteiger partial charge in [-0.25, -0.2) is 0 Å². The lowest BCUT2D eigenvalue weighted by Crippen LogP contribution is -2.58. The summed E-state index contributed by atoms with van der Waals surface area (Å²) >= 11 is 0. The van der Waals surface area contributed by atoms with Gasteiger partial charge in [0.1, 0.15) is 0 Å². The van der Waals surface area contributed by atoms with E-state index in [4.69, 9.17) is 4.74 Å². The molecule has 0 unspecified atom stereocenters. The molecule has 0 atom stereocenters. The van der Waals surface area contributed by atoms with E-state index in [1.807, 2.05) is 61.8 Å². The van der Waals surface area contributed by atoms with Crippen LogP contribution in [0.25, 0.3) is 0 Å². The van der Waals surface area contributed by atoms with Gasteiger partial charge in [0, 0.05) is 38.2 Å². The lowest BCUT2D eigenvalue weighted by molar-refractivity contribution is -0.171. The largest absolute Gasteiger partial charge is 0.366 e. The molecule has 2 aliphatic heterocycles. The molecule has 25 heavy (non-hydrogen) atoms. The Morgan fingerprint density at radius 3 is 2.20 bits per heavy atom. The second-order valence-corrected chi connectivity index (χ2v) is 8.40. The second-order valence-electron chi connectivity index (χ2n) is 8.40. The van der Waals surface area contributed by atoms with Crippen LogP contribution in [0.15, 0.2) is 24.3 Å². The minimum Gasteiger partial charge on any atom is -0.366 e. The highest BCUT2D eigenvalue weighted by atomic mass is 16.5.